The van der Waals surface area contributed by atoms with Crippen LogP contribution in [0, 0.1) is 29.2 Å². The molecule has 0 radical (unpaired) electrons. The van der Waals surface area contributed by atoms with Gasteiger partial charge in [-0.15, -0.1) is 0 Å². The largest absolute Gasteiger partial charge is 0.342 e. The molecule has 294 valence electrons. The van der Waals surface area contributed by atoms with Crippen molar-refractivity contribution in [3.63, 3.8) is 0 Å². The number of carbonyl (C=O) groups is 3. The zero-order valence-corrected chi connectivity index (χ0v) is 30.8. The average Bonchev–Trinajstić information content (AvgIpc) is 3.14. The number of piperidine rings is 2. The quantitative estimate of drug-likeness (QED) is 0.211. The fraction of sp³-hybridized carbons (Fsp3) is 0.410. The van der Waals surface area contributed by atoms with Crippen LogP contribution in [0.3, 0.4) is 0 Å². The number of halogens is 4. The van der Waals surface area contributed by atoms with Crippen molar-refractivity contribution in [2.45, 2.75) is 57.4 Å². The summed E-state index contributed by atoms with van der Waals surface area (Å²) in [6.45, 7) is 2.77. The summed E-state index contributed by atoms with van der Waals surface area (Å²) in [5, 5.41) is 8.15. The lowest BCUT2D eigenvalue weighted by molar-refractivity contribution is -0.132. The van der Waals surface area contributed by atoms with Gasteiger partial charge in [0.05, 0.1) is 24.2 Å². The lowest BCUT2D eigenvalue weighted by atomic mass is 9.90. The van der Waals surface area contributed by atoms with Crippen LogP contribution in [0.4, 0.5) is 17.6 Å². The topological polar surface area (TPSA) is 153 Å². The summed E-state index contributed by atoms with van der Waals surface area (Å²) in [5.41, 5.74) is 7.31. The predicted octanol–water partition coefficient (Wildman–Crippen LogP) is 3.52. The minimum Gasteiger partial charge on any atom is -0.342 e. The van der Waals surface area contributed by atoms with Crippen molar-refractivity contribution in [2.75, 3.05) is 26.2 Å². The summed E-state index contributed by atoms with van der Waals surface area (Å²) in [6, 6.07) is 12.5. The van der Waals surface area contributed by atoms with Gasteiger partial charge in [0.2, 0.25) is 11.8 Å². The summed E-state index contributed by atoms with van der Waals surface area (Å²) < 4.78 is 53.4. The number of nitrogens with two attached hydrogens (primary N) is 1. The Morgan fingerprint density at radius 3 is 1.53 bits per heavy atom. The maximum atomic E-state index is 13.3. The molecule has 2 fully saturated rings. The Morgan fingerprint density at radius 1 is 0.691 bits per heavy atom. The Labute approximate surface area is 315 Å². The van der Waals surface area contributed by atoms with Gasteiger partial charge in [-0.2, -0.15) is 10.2 Å². The second-order valence-corrected chi connectivity index (χ2v) is 13.6. The number of aromatic nitrogens is 4. The Kier molecular flexibility index (Phi) is 15.5. The lowest BCUT2D eigenvalue weighted by Crippen LogP contribution is -2.43. The number of hydrogen-bond acceptors (Lipinski definition) is 8. The Balaban J connectivity index is 0.000000205. The molecule has 12 nitrogen and oxygen atoms in total. The van der Waals surface area contributed by atoms with Crippen molar-refractivity contribution in [2.24, 2.45) is 25.7 Å². The normalized spacial score (nSPS) is 14.7. The molecule has 2 aromatic carbocycles. The van der Waals surface area contributed by atoms with E-state index >= 15 is 0 Å². The number of rotatable bonds is 8. The molecule has 6 rings (SSSR count). The molecule has 0 bridgehead atoms. The minimum atomic E-state index is -0.734. The maximum Gasteiger partial charge on any atom is 0.266 e. The molecule has 0 aliphatic carbocycles. The van der Waals surface area contributed by atoms with E-state index in [0.717, 1.165) is 50.3 Å². The molecule has 2 saturated heterocycles. The van der Waals surface area contributed by atoms with E-state index in [-0.39, 0.29) is 47.4 Å². The third-order valence-electron chi connectivity index (χ3n) is 9.34. The van der Waals surface area contributed by atoms with E-state index in [4.69, 9.17) is 5.73 Å². The van der Waals surface area contributed by atoms with Gasteiger partial charge in [0.25, 0.3) is 11.1 Å². The van der Waals surface area contributed by atoms with E-state index < -0.39 is 23.3 Å². The van der Waals surface area contributed by atoms with Crippen LogP contribution >= 0.6 is 0 Å². The molecule has 2 aliphatic rings. The van der Waals surface area contributed by atoms with Crippen LogP contribution in [-0.4, -0.2) is 79.7 Å². The summed E-state index contributed by atoms with van der Waals surface area (Å²) in [7, 11) is 3.14. The maximum absolute atomic E-state index is 13.3. The van der Waals surface area contributed by atoms with E-state index in [2.05, 4.69) is 10.2 Å². The minimum absolute atomic E-state index is 0.00630. The number of likely N-dealkylation sites (tertiary alicyclic amines) is 2. The highest BCUT2D eigenvalue weighted by Crippen LogP contribution is 2.23. The van der Waals surface area contributed by atoms with Gasteiger partial charge in [0.15, 0.2) is 0 Å². The van der Waals surface area contributed by atoms with Gasteiger partial charge in [0, 0.05) is 76.1 Å². The van der Waals surface area contributed by atoms with E-state index in [1.165, 1.54) is 33.6 Å². The molecule has 2 aromatic heterocycles. The molecule has 4 aromatic rings. The van der Waals surface area contributed by atoms with Crippen molar-refractivity contribution in [3.05, 3.63) is 127 Å². The Morgan fingerprint density at radius 2 is 1.11 bits per heavy atom. The van der Waals surface area contributed by atoms with Crippen LogP contribution in [0.2, 0.25) is 0 Å². The molecule has 4 heterocycles. The molecule has 16 heteroatoms. The number of hydrogen-bond donors (Lipinski definition) is 1. The van der Waals surface area contributed by atoms with Crippen LogP contribution in [0.25, 0.3) is 0 Å². The van der Waals surface area contributed by atoms with Gasteiger partial charge in [-0.25, -0.2) is 26.9 Å². The van der Waals surface area contributed by atoms with Crippen LogP contribution < -0.4 is 16.9 Å². The molecule has 2 aliphatic heterocycles. The predicted molar refractivity (Wildman–Crippen MR) is 196 cm³/mol. The zero-order valence-electron chi connectivity index (χ0n) is 30.8. The van der Waals surface area contributed by atoms with Crippen molar-refractivity contribution < 1.29 is 31.9 Å². The van der Waals surface area contributed by atoms with E-state index in [1.807, 2.05) is 9.80 Å². The smallest absolute Gasteiger partial charge is 0.266 e. The molecular weight excluding hydrogens is 722 g/mol. The van der Waals surface area contributed by atoms with Gasteiger partial charge in [0.1, 0.15) is 29.6 Å². The van der Waals surface area contributed by atoms with Gasteiger partial charge < -0.3 is 15.5 Å². The number of amides is 2. The molecule has 0 saturated carbocycles. The third-order valence-corrected chi connectivity index (χ3v) is 9.34. The highest BCUT2D eigenvalue weighted by atomic mass is 19.1. The second kappa shape index (κ2) is 20.2. The molecule has 0 atom stereocenters. The first kappa shape index (κ1) is 42.2. The van der Waals surface area contributed by atoms with E-state index in [9.17, 15) is 41.5 Å². The zero-order chi connectivity index (χ0) is 40.1. The summed E-state index contributed by atoms with van der Waals surface area (Å²) in [6.07, 6.45) is 5.77. The van der Waals surface area contributed by atoms with Crippen LogP contribution in [0.15, 0.2) is 70.3 Å². The van der Waals surface area contributed by atoms with Gasteiger partial charge in [-0.05, 0) is 86.4 Å². The molecular formula is C39H45F4N7O5. The van der Waals surface area contributed by atoms with Crippen LogP contribution in [-0.2, 0) is 42.9 Å². The average molecular weight is 768 g/mol. The standard InChI is InChI=1S/C20H23F2N3O2.C12H18N4O2.C7H4F2O/c1-24-19(26)5-4-18(23-24)13-20(27)25-8-6-14(7-9-25)2-3-15-10-16(21)12-17(22)11-15;1-15-11(17)3-2-10(14-15)8-12(18)16-6-4-9(13)5-7-16;8-6-1-5(4-10)2-7(9)3-6/h4-5,10-12,14H,2-3,6-9,13H2,1H3;2-3,9H,4-8,13H2,1H3;1-4H. The highest BCUT2D eigenvalue weighted by molar-refractivity contribution is 5.79. The Bertz CT molecular complexity index is 2020. The number of aldehydes is 1. The fourth-order valence-corrected chi connectivity index (χ4v) is 6.21. The molecule has 0 spiro atoms. The van der Waals surface area contributed by atoms with Crippen LogP contribution in [0.5, 0.6) is 0 Å². The molecule has 55 heavy (non-hydrogen) atoms. The second-order valence-electron chi connectivity index (χ2n) is 13.6. The number of aryl methyl sites for hydroxylation is 3. The van der Waals surface area contributed by atoms with Crippen LogP contribution in [0.1, 0.15) is 59.4 Å². The number of carbonyl (C=O) groups excluding carboxylic acids is 3. The van der Waals surface area contributed by atoms with Crippen molar-refractivity contribution in [3.8, 4) is 0 Å². The highest BCUT2D eigenvalue weighted by Gasteiger charge is 2.24. The summed E-state index contributed by atoms with van der Waals surface area (Å²) in [4.78, 5) is 60.6. The number of nitrogens with zero attached hydrogens (tertiary/aromatic N) is 6. The van der Waals surface area contributed by atoms with Gasteiger partial charge >= 0.3 is 0 Å². The van der Waals surface area contributed by atoms with Crippen molar-refractivity contribution in [1.29, 1.82) is 0 Å². The van der Waals surface area contributed by atoms with Gasteiger partial charge in [-0.1, -0.05) is 0 Å². The van der Waals surface area contributed by atoms with E-state index in [0.29, 0.717) is 67.8 Å². The first-order chi connectivity index (χ1) is 26.2. The monoisotopic (exact) mass is 767 g/mol. The van der Waals surface area contributed by atoms with Crippen molar-refractivity contribution in [1.82, 2.24) is 29.4 Å². The summed E-state index contributed by atoms with van der Waals surface area (Å²) in [5.74, 6) is -2.06. The number of benzene rings is 2. The molecule has 2 amide bonds. The third kappa shape index (κ3) is 13.7. The van der Waals surface area contributed by atoms with Crippen molar-refractivity contribution >= 4 is 18.1 Å². The molecule has 0 unspecified atom stereocenters. The summed E-state index contributed by atoms with van der Waals surface area (Å²) >= 11 is 0. The fourth-order valence-electron chi connectivity index (χ4n) is 6.21. The molecule has 2 N–H and O–H groups in total. The van der Waals surface area contributed by atoms with Gasteiger partial charge in [-0.3, -0.25) is 24.0 Å². The first-order valence-electron chi connectivity index (χ1n) is 17.9. The SMILES string of the molecule is Cn1nc(CC(=O)N2CCC(CCc3cc(F)cc(F)c3)CC2)ccc1=O.Cn1nc(CC(=O)N2CCC(N)CC2)ccc1=O.O=Cc1cc(F)cc(F)c1. The lowest BCUT2D eigenvalue weighted by Gasteiger charge is -2.32. The first-order valence-corrected chi connectivity index (χ1v) is 17.9. The van der Waals surface area contributed by atoms with E-state index in [1.54, 1.807) is 26.2 Å². The Hall–Kier alpha value is -5.51.